The van der Waals surface area contributed by atoms with Gasteiger partial charge < -0.3 is 5.11 Å². The van der Waals surface area contributed by atoms with E-state index in [0.717, 1.165) is 18.6 Å². The van der Waals surface area contributed by atoms with Crippen LogP contribution in [0.2, 0.25) is 0 Å². The minimum Gasteiger partial charge on any atom is -0.384 e. The van der Waals surface area contributed by atoms with Crippen molar-refractivity contribution in [3.05, 3.63) is 0 Å². The molecule has 0 aromatic heterocycles. The first-order valence-electron chi connectivity index (χ1n) is 5.61. The van der Waals surface area contributed by atoms with Gasteiger partial charge in [0.25, 0.3) is 0 Å². The fraction of sp³-hybridized carbons (Fsp3) is 0.917. The van der Waals surface area contributed by atoms with Gasteiger partial charge in [0.05, 0.1) is 0 Å². The molecule has 0 aliphatic heterocycles. The van der Waals surface area contributed by atoms with Crippen LogP contribution in [0, 0.1) is 5.92 Å². The molecule has 0 saturated carbocycles. The van der Waals surface area contributed by atoms with E-state index in [1.165, 1.54) is 0 Å². The van der Waals surface area contributed by atoms with Gasteiger partial charge >= 0.3 is 0 Å². The Balaban J connectivity index is 0. The Hall–Kier alpha value is 0.500. The van der Waals surface area contributed by atoms with E-state index in [4.69, 9.17) is 0 Å². The molecule has 0 saturated heterocycles. The van der Waals surface area contributed by atoms with Crippen molar-refractivity contribution >= 4 is 5.71 Å². The van der Waals surface area contributed by atoms with E-state index >= 15 is 0 Å². The smallest absolute Gasteiger partial charge is 0.104 e. The van der Waals surface area contributed by atoms with Crippen molar-refractivity contribution in [1.82, 2.24) is 0 Å². The zero-order chi connectivity index (χ0) is 11.4. The summed E-state index contributed by atoms with van der Waals surface area (Å²) in [6, 6.07) is 0.261. The van der Waals surface area contributed by atoms with Crippen LogP contribution in [0.5, 0.6) is 0 Å². The molecule has 0 fully saturated rings. The maximum Gasteiger partial charge on any atom is 0.104 e. The van der Waals surface area contributed by atoms with Gasteiger partial charge in [0.15, 0.2) is 0 Å². The molecule has 1 radical (unpaired) electrons. The summed E-state index contributed by atoms with van der Waals surface area (Å²) in [7, 11) is 0. The average Bonchev–Trinajstić information content (AvgIpc) is 2.02. The van der Waals surface area contributed by atoms with Crippen molar-refractivity contribution in [2.45, 2.75) is 66.0 Å². The third-order valence-electron chi connectivity index (χ3n) is 2.66. The molecule has 0 rings (SSSR count). The molecule has 2 nitrogen and oxygen atoms in total. The van der Waals surface area contributed by atoms with Crippen molar-refractivity contribution in [1.29, 1.82) is 0 Å². The predicted octanol–water partition coefficient (Wildman–Crippen LogP) is 3.04. The molecule has 0 aromatic rings. The van der Waals surface area contributed by atoms with Crippen LogP contribution in [-0.2, 0) is 25.8 Å². The standard InChI is InChI=1S/C12H25NO.Sc/c1-7-8-12(14,9(2)3)11(6)13-10(4)5;/h9-10,14H,7-8H2,1-6H3;. The molecule has 1 atom stereocenters. The number of hydrogen-bond acceptors (Lipinski definition) is 2. The molecule has 87 valence electrons. The number of hydrogen-bond donors (Lipinski definition) is 1. The third kappa shape index (κ3) is 5.39. The topological polar surface area (TPSA) is 32.6 Å². The molecule has 0 amide bonds. The van der Waals surface area contributed by atoms with Crippen molar-refractivity contribution in [2.24, 2.45) is 10.9 Å². The van der Waals surface area contributed by atoms with Gasteiger partial charge in [-0.2, -0.15) is 0 Å². The summed E-state index contributed by atoms with van der Waals surface area (Å²) >= 11 is 0. The summed E-state index contributed by atoms with van der Waals surface area (Å²) in [4.78, 5) is 4.46. The first-order chi connectivity index (χ1) is 6.34. The van der Waals surface area contributed by atoms with Crippen molar-refractivity contribution in [2.75, 3.05) is 0 Å². The van der Waals surface area contributed by atoms with E-state index in [2.05, 4.69) is 25.8 Å². The minimum atomic E-state index is -0.709. The van der Waals surface area contributed by atoms with Crippen LogP contribution in [0.1, 0.15) is 54.4 Å². The summed E-state index contributed by atoms with van der Waals surface area (Å²) in [5.41, 5.74) is 0.170. The van der Waals surface area contributed by atoms with Crippen molar-refractivity contribution in [3.63, 3.8) is 0 Å². The fourth-order valence-electron chi connectivity index (χ4n) is 1.77. The predicted molar refractivity (Wildman–Crippen MR) is 62.9 cm³/mol. The Kier molecular flexibility index (Phi) is 9.20. The van der Waals surface area contributed by atoms with E-state index in [9.17, 15) is 5.11 Å². The quantitative estimate of drug-likeness (QED) is 0.741. The Morgan fingerprint density at radius 3 is 2.00 bits per heavy atom. The molecule has 3 heteroatoms. The zero-order valence-corrected chi connectivity index (χ0v) is 12.8. The number of rotatable bonds is 5. The monoisotopic (exact) mass is 244 g/mol. The summed E-state index contributed by atoms with van der Waals surface area (Å²) in [5.74, 6) is 0.227. The van der Waals surface area contributed by atoms with E-state index in [1.54, 1.807) is 0 Å². The van der Waals surface area contributed by atoms with Crippen LogP contribution in [0.25, 0.3) is 0 Å². The van der Waals surface area contributed by atoms with E-state index in [1.807, 2.05) is 20.8 Å². The van der Waals surface area contributed by atoms with E-state index in [0.29, 0.717) is 0 Å². The van der Waals surface area contributed by atoms with E-state index in [-0.39, 0.29) is 37.8 Å². The second-order valence-electron chi connectivity index (χ2n) is 4.64. The van der Waals surface area contributed by atoms with Crippen LogP contribution >= 0.6 is 0 Å². The Morgan fingerprint density at radius 1 is 1.27 bits per heavy atom. The van der Waals surface area contributed by atoms with Gasteiger partial charge in [-0.15, -0.1) is 0 Å². The Labute approximate surface area is 113 Å². The largest absolute Gasteiger partial charge is 0.384 e. The van der Waals surface area contributed by atoms with Crippen LogP contribution in [0.3, 0.4) is 0 Å². The molecule has 0 aliphatic rings. The molecular weight excluding hydrogens is 219 g/mol. The van der Waals surface area contributed by atoms with Crippen LogP contribution < -0.4 is 0 Å². The summed E-state index contributed by atoms with van der Waals surface area (Å²) < 4.78 is 0. The zero-order valence-electron chi connectivity index (χ0n) is 11.0. The molecule has 0 aromatic carbocycles. The first kappa shape index (κ1) is 17.9. The number of aliphatic imine (C=N–C) groups is 1. The number of aliphatic hydroxyl groups is 1. The Morgan fingerprint density at radius 2 is 1.73 bits per heavy atom. The van der Waals surface area contributed by atoms with Crippen LogP contribution in [0.4, 0.5) is 0 Å². The SMILES string of the molecule is CCCC(O)(C(C)=NC(C)C)C(C)C.[Sc]. The molecule has 0 spiro atoms. The number of nitrogens with zero attached hydrogens (tertiary/aromatic N) is 1. The van der Waals surface area contributed by atoms with Gasteiger partial charge in [0.2, 0.25) is 0 Å². The average molecular weight is 244 g/mol. The third-order valence-corrected chi connectivity index (χ3v) is 2.66. The van der Waals surface area contributed by atoms with Crippen LogP contribution in [-0.4, -0.2) is 22.5 Å². The maximum absolute atomic E-state index is 10.5. The molecule has 1 N–H and O–H groups in total. The van der Waals surface area contributed by atoms with Gasteiger partial charge in [-0.05, 0) is 33.1 Å². The summed E-state index contributed by atoms with van der Waals surface area (Å²) in [5, 5.41) is 10.5. The molecule has 15 heavy (non-hydrogen) atoms. The molecule has 0 heterocycles. The van der Waals surface area contributed by atoms with Gasteiger partial charge in [0, 0.05) is 37.6 Å². The van der Waals surface area contributed by atoms with Crippen molar-refractivity contribution in [3.8, 4) is 0 Å². The maximum atomic E-state index is 10.5. The van der Waals surface area contributed by atoms with E-state index < -0.39 is 5.60 Å². The van der Waals surface area contributed by atoms with Crippen LogP contribution in [0.15, 0.2) is 4.99 Å². The second-order valence-corrected chi connectivity index (χ2v) is 4.64. The van der Waals surface area contributed by atoms with Gasteiger partial charge in [-0.3, -0.25) is 4.99 Å². The minimum absolute atomic E-state index is 0. The molecule has 0 bridgehead atoms. The fourth-order valence-corrected chi connectivity index (χ4v) is 1.77. The van der Waals surface area contributed by atoms with Gasteiger partial charge in [0.1, 0.15) is 5.60 Å². The van der Waals surface area contributed by atoms with Crippen molar-refractivity contribution < 1.29 is 30.9 Å². The van der Waals surface area contributed by atoms with Gasteiger partial charge in [-0.1, -0.05) is 27.2 Å². The molecule has 0 aliphatic carbocycles. The Bertz CT molecular complexity index is 202. The summed E-state index contributed by atoms with van der Waals surface area (Å²) in [6.45, 7) is 12.2. The normalized spacial score (nSPS) is 16.5. The first-order valence-corrected chi connectivity index (χ1v) is 5.61. The van der Waals surface area contributed by atoms with Gasteiger partial charge in [-0.25, -0.2) is 0 Å². The molecule has 1 unspecified atom stereocenters. The molecular formula is C12H25NOSc. The summed E-state index contributed by atoms with van der Waals surface area (Å²) in [6.07, 6.45) is 1.78. The second kappa shape index (κ2) is 7.72.